The number of benzene rings is 1. The maximum Gasteiger partial charge on any atom is 0.213 e. The van der Waals surface area contributed by atoms with E-state index in [2.05, 4.69) is 15.3 Å². The third-order valence-electron chi connectivity index (χ3n) is 4.54. The molecule has 0 saturated heterocycles. The van der Waals surface area contributed by atoms with Crippen LogP contribution in [0.2, 0.25) is 0 Å². The van der Waals surface area contributed by atoms with Gasteiger partial charge in [0.15, 0.2) is 0 Å². The first-order valence-corrected chi connectivity index (χ1v) is 8.31. The Morgan fingerprint density at radius 2 is 2.08 bits per heavy atom. The summed E-state index contributed by atoms with van der Waals surface area (Å²) in [6.07, 6.45) is 1.65. The first-order valence-electron chi connectivity index (χ1n) is 8.31. The van der Waals surface area contributed by atoms with Crippen LogP contribution in [0, 0.1) is 23.7 Å². The summed E-state index contributed by atoms with van der Waals surface area (Å²) in [6, 6.07) is 11.5. The van der Waals surface area contributed by atoms with Crippen molar-refractivity contribution in [1.82, 2.24) is 4.98 Å². The van der Waals surface area contributed by atoms with Gasteiger partial charge in [-0.1, -0.05) is 18.2 Å². The molecule has 0 spiro atoms. The van der Waals surface area contributed by atoms with Crippen LogP contribution in [-0.4, -0.2) is 36.0 Å². The van der Waals surface area contributed by atoms with Crippen LogP contribution in [0.1, 0.15) is 17.0 Å². The van der Waals surface area contributed by atoms with Gasteiger partial charge in [-0.2, -0.15) is 0 Å². The van der Waals surface area contributed by atoms with E-state index >= 15 is 0 Å². The molecule has 0 fully saturated rings. The lowest BCUT2D eigenvalue weighted by atomic mass is 9.80. The number of pyridine rings is 1. The van der Waals surface area contributed by atoms with Crippen molar-refractivity contribution in [3.8, 4) is 5.88 Å². The van der Waals surface area contributed by atoms with Gasteiger partial charge in [0.1, 0.15) is 11.7 Å². The first kappa shape index (κ1) is 17.6. The zero-order valence-corrected chi connectivity index (χ0v) is 14.8. The molecule has 1 aromatic carbocycles. The highest BCUT2D eigenvalue weighted by Crippen LogP contribution is 2.31. The second kappa shape index (κ2) is 7.35. The van der Waals surface area contributed by atoms with E-state index in [0.29, 0.717) is 18.3 Å². The molecule has 134 valence electrons. The van der Waals surface area contributed by atoms with Crippen LogP contribution in [-0.2, 0) is 0 Å². The van der Waals surface area contributed by atoms with Crippen LogP contribution in [0.4, 0.5) is 5.69 Å². The van der Waals surface area contributed by atoms with Crippen LogP contribution in [0.5, 0.6) is 5.88 Å². The molecule has 0 amide bonds. The van der Waals surface area contributed by atoms with E-state index < -0.39 is 5.92 Å². The molecule has 26 heavy (non-hydrogen) atoms. The molecule has 1 aromatic heterocycles. The van der Waals surface area contributed by atoms with Crippen molar-refractivity contribution in [1.29, 1.82) is 10.8 Å². The molecule has 2 heterocycles. The SMILES string of the molecule is COc1cc(C2CN=C(Nc3ccccc3C)C(=N)C2C(=N)N)ccn1. The van der Waals surface area contributed by atoms with Crippen LogP contribution >= 0.6 is 0 Å². The molecule has 1 aliphatic rings. The fraction of sp³-hybridized carbons (Fsp3) is 0.263. The Morgan fingerprint density at radius 3 is 2.77 bits per heavy atom. The third kappa shape index (κ3) is 3.42. The number of nitrogens with one attached hydrogen (secondary N) is 3. The van der Waals surface area contributed by atoms with Crippen LogP contribution in [0.25, 0.3) is 0 Å². The molecule has 0 bridgehead atoms. The minimum Gasteiger partial charge on any atom is -0.481 e. The molecule has 0 radical (unpaired) electrons. The molecule has 2 atom stereocenters. The van der Waals surface area contributed by atoms with E-state index in [4.69, 9.17) is 21.3 Å². The number of methoxy groups -OCH3 is 1. The van der Waals surface area contributed by atoms with Gasteiger partial charge in [-0.25, -0.2) is 4.98 Å². The molecule has 2 aromatic rings. The van der Waals surface area contributed by atoms with Gasteiger partial charge in [0.05, 0.1) is 18.7 Å². The molecule has 5 N–H and O–H groups in total. The Bertz CT molecular complexity index is 876. The van der Waals surface area contributed by atoms with Crippen LogP contribution in [0.15, 0.2) is 47.6 Å². The molecule has 2 unspecified atom stereocenters. The molecule has 7 heteroatoms. The van der Waals surface area contributed by atoms with E-state index in [9.17, 15) is 0 Å². The fourth-order valence-corrected chi connectivity index (χ4v) is 3.11. The summed E-state index contributed by atoms with van der Waals surface area (Å²) in [5.41, 5.74) is 8.92. The lowest BCUT2D eigenvalue weighted by molar-refractivity contribution is 0.396. The number of hydrogen-bond acceptors (Lipinski definition) is 6. The summed E-state index contributed by atoms with van der Waals surface area (Å²) in [5, 5.41) is 19.8. The summed E-state index contributed by atoms with van der Waals surface area (Å²) in [4.78, 5) is 8.67. The Hall–Kier alpha value is -3.22. The Labute approximate surface area is 152 Å². The highest BCUT2D eigenvalue weighted by atomic mass is 16.5. The largest absolute Gasteiger partial charge is 0.481 e. The van der Waals surface area contributed by atoms with Gasteiger partial charge in [-0.3, -0.25) is 10.4 Å². The summed E-state index contributed by atoms with van der Waals surface area (Å²) in [6.45, 7) is 2.41. The average Bonchev–Trinajstić information content (AvgIpc) is 2.64. The van der Waals surface area contributed by atoms with E-state index in [1.165, 1.54) is 0 Å². The smallest absolute Gasteiger partial charge is 0.213 e. The molecule has 7 nitrogen and oxygen atoms in total. The third-order valence-corrected chi connectivity index (χ3v) is 4.54. The van der Waals surface area contributed by atoms with E-state index in [1.807, 2.05) is 43.3 Å². The second-order valence-electron chi connectivity index (χ2n) is 6.21. The van der Waals surface area contributed by atoms with Crippen molar-refractivity contribution in [2.24, 2.45) is 16.6 Å². The maximum absolute atomic E-state index is 8.57. The number of aromatic nitrogens is 1. The van der Waals surface area contributed by atoms with Gasteiger partial charge >= 0.3 is 0 Å². The quantitative estimate of drug-likeness (QED) is 0.500. The van der Waals surface area contributed by atoms with E-state index in [-0.39, 0.29) is 17.5 Å². The normalized spacial score (nSPS) is 19.6. The second-order valence-corrected chi connectivity index (χ2v) is 6.21. The van der Waals surface area contributed by atoms with Crippen molar-refractivity contribution in [2.75, 3.05) is 19.0 Å². The van der Waals surface area contributed by atoms with Crippen molar-refractivity contribution in [2.45, 2.75) is 12.8 Å². The van der Waals surface area contributed by atoms with Gasteiger partial charge in [0, 0.05) is 30.4 Å². The van der Waals surface area contributed by atoms with Crippen LogP contribution < -0.4 is 15.8 Å². The number of ether oxygens (including phenoxy) is 1. The molecule has 1 aliphatic heterocycles. The molecular formula is C19H22N6O. The highest BCUT2D eigenvalue weighted by Gasteiger charge is 2.35. The van der Waals surface area contributed by atoms with Gasteiger partial charge in [0.25, 0.3) is 0 Å². The zero-order valence-electron chi connectivity index (χ0n) is 14.8. The Kier molecular flexibility index (Phi) is 4.97. The maximum atomic E-state index is 8.57. The molecule has 0 saturated carbocycles. The van der Waals surface area contributed by atoms with Crippen molar-refractivity contribution in [3.05, 3.63) is 53.7 Å². The van der Waals surface area contributed by atoms with Crippen molar-refractivity contribution < 1.29 is 4.74 Å². The monoisotopic (exact) mass is 350 g/mol. The van der Waals surface area contributed by atoms with Gasteiger partial charge in [-0.15, -0.1) is 0 Å². The fourth-order valence-electron chi connectivity index (χ4n) is 3.11. The molecule has 0 aliphatic carbocycles. The van der Waals surface area contributed by atoms with E-state index in [1.54, 1.807) is 13.3 Å². The number of rotatable bonds is 4. The molecule has 3 rings (SSSR count). The number of aliphatic imine (C=N–C) groups is 1. The van der Waals surface area contributed by atoms with Gasteiger partial charge in [-0.05, 0) is 30.2 Å². The summed E-state index contributed by atoms with van der Waals surface area (Å²) < 4.78 is 5.18. The summed E-state index contributed by atoms with van der Waals surface area (Å²) >= 11 is 0. The average molecular weight is 350 g/mol. The lowest BCUT2D eigenvalue weighted by Crippen LogP contribution is -2.44. The van der Waals surface area contributed by atoms with E-state index in [0.717, 1.165) is 16.8 Å². The number of nitrogens with two attached hydrogens (primary N) is 1. The van der Waals surface area contributed by atoms with Crippen molar-refractivity contribution >= 4 is 23.1 Å². The minimum absolute atomic E-state index is 0.0465. The first-order chi connectivity index (χ1) is 12.5. The summed E-state index contributed by atoms with van der Waals surface area (Å²) in [5.74, 6) is 0.154. The minimum atomic E-state index is -0.550. The molecular weight excluding hydrogens is 328 g/mol. The lowest BCUT2D eigenvalue weighted by Gasteiger charge is -2.31. The topological polar surface area (TPSA) is 120 Å². The van der Waals surface area contributed by atoms with Gasteiger partial charge in [0.2, 0.25) is 5.88 Å². The number of amidine groups is 2. The van der Waals surface area contributed by atoms with Gasteiger partial charge < -0.3 is 21.2 Å². The number of nitrogens with zero attached hydrogens (tertiary/aromatic N) is 2. The van der Waals surface area contributed by atoms with Crippen molar-refractivity contribution in [3.63, 3.8) is 0 Å². The number of hydrogen-bond donors (Lipinski definition) is 4. The Morgan fingerprint density at radius 1 is 1.31 bits per heavy atom. The number of anilines is 1. The number of aryl methyl sites for hydroxylation is 1. The number of para-hydroxylation sites is 1. The zero-order chi connectivity index (χ0) is 18.7. The highest BCUT2D eigenvalue weighted by molar-refractivity contribution is 6.48. The predicted octanol–water partition coefficient (Wildman–Crippen LogP) is 2.58. The standard InChI is InChI=1S/C19H22N6O/c1-11-5-3-4-6-14(11)25-19-17(20)16(18(21)22)13(10-24-19)12-7-8-23-15(9-12)26-2/h3-9,13,16,20H,10H2,1-2H3,(H3,21,22)(H,24,25). The predicted molar refractivity (Wildman–Crippen MR) is 104 cm³/mol. The Balaban J connectivity index is 1.93. The van der Waals surface area contributed by atoms with Crippen LogP contribution in [0.3, 0.4) is 0 Å². The summed E-state index contributed by atoms with van der Waals surface area (Å²) in [7, 11) is 1.56.